The molecule has 0 aromatic heterocycles. The second kappa shape index (κ2) is 5.88. The molecule has 3 nitrogen and oxygen atoms in total. The van der Waals surface area contributed by atoms with Gasteiger partial charge >= 0.3 is 0 Å². The monoisotopic (exact) mass is 265 g/mol. The van der Waals surface area contributed by atoms with Crippen molar-refractivity contribution >= 4 is 5.69 Å². The van der Waals surface area contributed by atoms with Gasteiger partial charge in [-0.2, -0.15) is 0 Å². The van der Waals surface area contributed by atoms with E-state index in [9.17, 15) is 4.39 Å². The Bertz CT molecular complexity index is 433. The van der Waals surface area contributed by atoms with Crippen LogP contribution in [-0.4, -0.2) is 37.1 Å². The molecule has 1 aliphatic rings. The average molecular weight is 265 g/mol. The summed E-state index contributed by atoms with van der Waals surface area (Å²) in [6.45, 7) is 10.4. The first-order chi connectivity index (χ1) is 9.02. The lowest BCUT2D eigenvalue weighted by atomic mass is 10.0. The zero-order valence-corrected chi connectivity index (χ0v) is 12.1. The van der Waals surface area contributed by atoms with Crippen LogP contribution in [0.4, 0.5) is 10.1 Å². The summed E-state index contributed by atoms with van der Waals surface area (Å²) in [7, 11) is 0. The molecule has 106 valence electrons. The van der Waals surface area contributed by atoms with E-state index in [1.165, 1.54) is 6.07 Å². The number of hydrogen-bond acceptors (Lipinski definition) is 3. The molecule has 1 unspecified atom stereocenters. The highest BCUT2D eigenvalue weighted by atomic mass is 19.1. The Morgan fingerprint density at radius 2 is 2.16 bits per heavy atom. The molecule has 0 spiro atoms. The molecule has 2 atom stereocenters. The largest absolute Gasteiger partial charge is 0.368 e. The van der Waals surface area contributed by atoms with Gasteiger partial charge in [-0.1, -0.05) is 6.92 Å². The van der Waals surface area contributed by atoms with Crippen molar-refractivity contribution in [2.75, 3.05) is 31.1 Å². The first-order valence-corrected chi connectivity index (χ1v) is 7.07. The Labute approximate surface area is 115 Å². The van der Waals surface area contributed by atoms with Gasteiger partial charge in [0.2, 0.25) is 0 Å². The van der Waals surface area contributed by atoms with E-state index in [4.69, 9.17) is 5.73 Å². The van der Waals surface area contributed by atoms with Crippen LogP contribution in [0.25, 0.3) is 0 Å². The number of rotatable bonds is 3. The van der Waals surface area contributed by atoms with Gasteiger partial charge in [-0.15, -0.1) is 0 Å². The molecule has 0 amide bonds. The molecule has 2 N–H and O–H groups in total. The van der Waals surface area contributed by atoms with Crippen LogP contribution in [0.3, 0.4) is 0 Å². The van der Waals surface area contributed by atoms with Crippen molar-refractivity contribution in [3.8, 4) is 0 Å². The minimum atomic E-state index is -0.212. The SMILES string of the molecule is CCN1CCN(c2ccc(F)cc2[C@H](C)N)CC1C. The van der Waals surface area contributed by atoms with Gasteiger partial charge in [-0.25, -0.2) is 4.39 Å². The molecule has 0 aliphatic carbocycles. The van der Waals surface area contributed by atoms with Crippen LogP contribution < -0.4 is 10.6 Å². The maximum atomic E-state index is 13.4. The van der Waals surface area contributed by atoms with Crippen molar-refractivity contribution in [1.29, 1.82) is 0 Å². The van der Waals surface area contributed by atoms with E-state index in [-0.39, 0.29) is 11.9 Å². The number of benzene rings is 1. The van der Waals surface area contributed by atoms with Crippen LogP contribution in [0.5, 0.6) is 0 Å². The van der Waals surface area contributed by atoms with Gasteiger partial charge in [0, 0.05) is 37.4 Å². The van der Waals surface area contributed by atoms with E-state index in [0.717, 1.165) is 37.4 Å². The summed E-state index contributed by atoms with van der Waals surface area (Å²) in [5.41, 5.74) is 7.96. The minimum absolute atomic E-state index is 0.148. The Balaban J connectivity index is 2.23. The summed E-state index contributed by atoms with van der Waals surface area (Å²) in [5, 5.41) is 0. The topological polar surface area (TPSA) is 32.5 Å². The lowest BCUT2D eigenvalue weighted by Crippen LogP contribution is -2.52. The molecule has 19 heavy (non-hydrogen) atoms. The molecule has 1 aromatic carbocycles. The number of piperazine rings is 1. The average Bonchev–Trinajstić information content (AvgIpc) is 2.38. The molecular formula is C15H24FN3. The Morgan fingerprint density at radius 1 is 1.42 bits per heavy atom. The third-order valence-corrected chi connectivity index (χ3v) is 3.99. The number of anilines is 1. The van der Waals surface area contributed by atoms with E-state index in [2.05, 4.69) is 23.6 Å². The fraction of sp³-hybridized carbons (Fsp3) is 0.600. The predicted molar refractivity (Wildman–Crippen MR) is 77.9 cm³/mol. The van der Waals surface area contributed by atoms with Crippen LogP contribution in [0.15, 0.2) is 18.2 Å². The van der Waals surface area contributed by atoms with E-state index in [1.807, 2.05) is 13.0 Å². The van der Waals surface area contributed by atoms with E-state index < -0.39 is 0 Å². The fourth-order valence-corrected chi connectivity index (χ4v) is 2.86. The number of likely N-dealkylation sites (N-methyl/N-ethyl adjacent to an activating group) is 1. The first kappa shape index (κ1) is 14.3. The second-order valence-electron chi connectivity index (χ2n) is 5.42. The van der Waals surface area contributed by atoms with Gasteiger partial charge in [0.05, 0.1) is 0 Å². The highest BCUT2D eigenvalue weighted by molar-refractivity contribution is 5.55. The van der Waals surface area contributed by atoms with Crippen molar-refractivity contribution in [2.45, 2.75) is 32.9 Å². The van der Waals surface area contributed by atoms with Crippen LogP contribution in [0, 0.1) is 5.82 Å². The van der Waals surface area contributed by atoms with E-state index in [1.54, 1.807) is 6.07 Å². The maximum Gasteiger partial charge on any atom is 0.123 e. The Kier molecular flexibility index (Phi) is 4.42. The van der Waals surface area contributed by atoms with E-state index >= 15 is 0 Å². The number of nitrogens with zero attached hydrogens (tertiary/aromatic N) is 2. The summed E-state index contributed by atoms with van der Waals surface area (Å²) >= 11 is 0. The molecule has 1 aliphatic heterocycles. The van der Waals surface area contributed by atoms with Gasteiger partial charge in [0.15, 0.2) is 0 Å². The lowest BCUT2D eigenvalue weighted by molar-refractivity contribution is 0.199. The van der Waals surface area contributed by atoms with Crippen LogP contribution in [0.2, 0.25) is 0 Å². The van der Waals surface area contributed by atoms with E-state index in [0.29, 0.717) is 6.04 Å². The highest BCUT2D eigenvalue weighted by Crippen LogP contribution is 2.28. The third-order valence-electron chi connectivity index (χ3n) is 3.99. The number of hydrogen-bond donors (Lipinski definition) is 1. The lowest BCUT2D eigenvalue weighted by Gasteiger charge is -2.41. The molecular weight excluding hydrogens is 241 g/mol. The standard InChI is InChI=1S/C15H24FN3/c1-4-18-7-8-19(10-11(18)2)15-6-5-13(16)9-14(15)12(3)17/h5-6,9,11-12H,4,7-8,10,17H2,1-3H3/t11?,12-/m0/s1. The predicted octanol–water partition coefficient (Wildman–Crippen LogP) is 2.38. The molecule has 2 rings (SSSR count). The normalized spacial score (nSPS) is 22.6. The summed E-state index contributed by atoms with van der Waals surface area (Å²) in [5.74, 6) is -0.212. The highest BCUT2D eigenvalue weighted by Gasteiger charge is 2.24. The quantitative estimate of drug-likeness (QED) is 0.910. The second-order valence-corrected chi connectivity index (χ2v) is 5.42. The zero-order valence-electron chi connectivity index (χ0n) is 12.1. The molecule has 1 saturated heterocycles. The van der Waals surface area contributed by atoms with Gasteiger partial charge < -0.3 is 10.6 Å². The third kappa shape index (κ3) is 3.07. The molecule has 0 bridgehead atoms. The fourth-order valence-electron chi connectivity index (χ4n) is 2.86. The molecule has 0 radical (unpaired) electrons. The van der Waals surface area contributed by atoms with Crippen molar-refractivity contribution in [3.63, 3.8) is 0 Å². The summed E-state index contributed by atoms with van der Waals surface area (Å²) in [4.78, 5) is 4.79. The van der Waals surface area contributed by atoms with Crippen LogP contribution in [0.1, 0.15) is 32.4 Å². The smallest absolute Gasteiger partial charge is 0.123 e. The number of halogens is 1. The van der Waals surface area contributed by atoms with Crippen LogP contribution in [-0.2, 0) is 0 Å². The molecule has 0 saturated carbocycles. The Hall–Kier alpha value is -1.13. The number of nitrogens with two attached hydrogens (primary N) is 1. The van der Waals surface area contributed by atoms with Crippen molar-refractivity contribution in [2.24, 2.45) is 5.73 Å². The zero-order chi connectivity index (χ0) is 14.0. The van der Waals surface area contributed by atoms with Gasteiger partial charge in [-0.05, 0) is 44.2 Å². The Morgan fingerprint density at radius 3 is 2.74 bits per heavy atom. The molecule has 1 heterocycles. The minimum Gasteiger partial charge on any atom is -0.368 e. The first-order valence-electron chi connectivity index (χ1n) is 7.07. The summed E-state index contributed by atoms with van der Waals surface area (Å²) in [6.07, 6.45) is 0. The van der Waals surface area contributed by atoms with Crippen molar-refractivity contribution in [3.05, 3.63) is 29.6 Å². The molecule has 1 fully saturated rings. The molecule has 4 heteroatoms. The van der Waals surface area contributed by atoms with Gasteiger partial charge in [0.25, 0.3) is 0 Å². The molecule has 1 aromatic rings. The van der Waals surface area contributed by atoms with Gasteiger partial charge in [0.1, 0.15) is 5.82 Å². The van der Waals surface area contributed by atoms with Crippen molar-refractivity contribution in [1.82, 2.24) is 4.90 Å². The maximum absolute atomic E-state index is 13.4. The van der Waals surface area contributed by atoms with Gasteiger partial charge in [-0.3, -0.25) is 4.90 Å². The van der Waals surface area contributed by atoms with Crippen molar-refractivity contribution < 1.29 is 4.39 Å². The summed E-state index contributed by atoms with van der Waals surface area (Å²) in [6, 6.07) is 5.33. The summed E-state index contributed by atoms with van der Waals surface area (Å²) < 4.78 is 13.4. The van der Waals surface area contributed by atoms with Crippen LogP contribution >= 0.6 is 0 Å².